The maximum atomic E-state index is 12.2. The molecule has 0 unspecified atom stereocenters. The Balaban J connectivity index is 2.22. The third-order valence-corrected chi connectivity index (χ3v) is 5.33. The summed E-state index contributed by atoms with van der Waals surface area (Å²) in [7, 11) is -3.69. The molecule has 0 radical (unpaired) electrons. The molecular formula is C12H17ClN2O3S. The van der Waals surface area contributed by atoms with Gasteiger partial charge in [0.25, 0.3) is 0 Å². The van der Waals surface area contributed by atoms with E-state index in [2.05, 4.69) is 4.72 Å². The summed E-state index contributed by atoms with van der Waals surface area (Å²) in [5.74, 6) is 0. The van der Waals surface area contributed by atoms with Crippen molar-refractivity contribution in [1.29, 1.82) is 0 Å². The number of nitrogens with one attached hydrogen (secondary N) is 1. The first-order valence-electron chi connectivity index (χ1n) is 6.01. The van der Waals surface area contributed by atoms with E-state index in [1.165, 1.54) is 12.1 Å². The van der Waals surface area contributed by atoms with Gasteiger partial charge in [0, 0.05) is 6.54 Å². The highest BCUT2D eigenvalue weighted by Crippen LogP contribution is 2.31. The molecule has 1 saturated carbocycles. The summed E-state index contributed by atoms with van der Waals surface area (Å²) < 4.78 is 26.8. The number of nitrogen functional groups attached to an aromatic ring is 1. The Kier molecular flexibility index (Phi) is 3.79. The van der Waals surface area contributed by atoms with Gasteiger partial charge >= 0.3 is 0 Å². The molecule has 0 saturated heterocycles. The Morgan fingerprint density at radius 3 is 2.63 bits per heavy atom. The van der Waals surface area contributed by atoms with Crippen LogP contribution in [0.25, 0.3) is 0 Å². The number of rotatable bonds is 4. The third-order valence-electron chi connectivity index (χ3n) is 3.46. The molecule has 4 N–H and O–H groups in total. The molecule has 0 heterocycles. The van der Waals surface area contributed by atoms with Crippen molar-refractivity contribution >= 4 is 27.3 Å². The summed E-state index contributed by atoms with van der Waals surface area (Å²) in [4.78, 5) is 0.0947. The van der Waals surface area contributed by atoms with Crippen LogP contribution in [0.2, 0.25) is 5.02 Å². The van der Waals surface area contributed by atoms with Crippen LogP contribution >= 0.6 is 11.6 Å². The maximum Gasteiger partial charge on any atom is 0.241 e. The fourth-order valence-corrected chi connectivity index (χ4v) is 3.62. The molecule has 0 aliphatic heterocycles. The molecule has 1 fully saturated rings. The molecule has 7 heteroatoms. The Hall–Kier alpha value is -0.820. The monoisotopic (exact) mass is 304 g/mol. The van der Waals surface area contributed by atoms with Crippen molar-refractivity contribution in [2.75, 3.05) is 12.3 Å². The lowest BCUT2D eigenvalue weighted by atomic mass is 9.81. The SMILES string of the molecule is Cc1cc(Cl)c(N)cc1S(=O)(=O)NCC1(O)CCC1. The molecular weight excluding hydrogens is 288 g/mol. The lowest BCUT2D eigenvalue weighted by Gasteiger charge is -2.36. The standard InChI is InChI=1S/C12H17ClN2O3S/c1-8-5-9(13)10(14)6-11(8)19(17,18)15-7-12(16)3-2-4-12/h5-6,15-16H,2-4,7,14H2,1H3. The highest BCUT2D eigenvalue weighted by Gasteiger charge is 2.35. The van der Waals surface area contributed by atoms with E-state index in [1.807, 2.05) is 0 Å². The van der Waals surface area contributed by atoms with E-state index in [-0.39, 0.29) is 17.1 Å². The second kappa shape index (κ2) is 4.94. The fourth-order valence-electron chi connectivity index (χ4n) is 2.03. The van der Waals surface area contributed by atoms with Gasteiger partial charge in [-0.3, -0.25) is 0 Å². The van der Waals surface area contributed by atoms with Gasteiger partial charge in [-0.25, -0.2) is 13.1 Å². The number of benzene rings is 1. The Morgan fingerprint density at radius 1 is 1.47 bits per heavy atom. The lowest BCUT2D eigenvalue weighted by molar-refractivity contribution is -0.0270. The van der Waals surface area contributed by atoms with Crippen LogP contribution in [0.4, 0.5) is 5.69 Å². The predicted octanol–water partition coefficient (Wildman–Crippen LogP) is 1.42. The zero-order chi connectivity index (χ0) is 14.3. The zero-order valence-corrected chi connectivity index (χ0v) is 12.2. The van der Waals surface area contributed by atoms with Crippen LogP contribution in [0.3, 0.4) is 0 Å². The van der Waals surface area contributed by atoms with E-state index in [0.29, 0.717) is 23.4 Å². The summed E-state index contributed by atoms with van der Waals surface area (Å²) in [6, 6.07) is 2.86. The summed E-state index contributed by atoms with van der Waals surface area (Å²) >= 11 is 5.84. The minimum Gasteiger partial charge on any atom is -0.397 e. The first-order valence-corrected chi connectivity index (χ1v) is 7.87. The number of hydrogen-bond acceptors (Lipinski definition) is 4. The van der Waals surface area contributed by atoms with Gasteiger partial charge in [-0.2, -0.15) is 0 Å². The summed E-state index contributed by atoms with van der Waals surface area (Å²) in [5, 5.41) is 10.2. The van der Waals surface area contributed by atoms with E-state index >= 15 is 0 Å². The maximum absolute atomic E-state index is 12.2. The lowest BCUT2D eigenvalue weighted by Crippen LogP contribution is -2.47. The van der Waals surface area contributed by atoms with Gasteiger partial charge in [-0.1, -0.05) is 11.6 Å². The van der Waals surface area contributed by atoms with Gasteiger partial charge < -0.3 is 10.8 Å². The molecule has 1 aliphatic rings. The van der Waals surface area contributed by atoms with E-state index < -0.39 is 15.6 Å². The van der Waals surface area contributed by atoms with Gasteiger partial charge in [0.2, 0.25) is 10.0 Å². The van der Waals surface area contributed by atoms with E-state index in [9.17, 15) is 13.5 Å². The Labute approximate surface area is 117 Å². The largest absolute Gasteiger partial charge is 0.397 e. The van der Waals surface area contributed by atoms with Crippen molar-refractivity contribution in [1.82, 2.24) is 4.72 Å². The summed E-state index contributed by atoms with van der Waals surface area (Å²) in [6.07, 6.45) is 2.17. The van der Waals surface area contributed by atoms with E-state index in [4.69, 9.17) is 17.3 Å². The van der Waals surface area contributed by atoms with Crippen LogP contribution < -0.4 is 10.5 Å². The molecule has 1 aromatic carbocycles. The summed E-state index contributed by atoms with van der Waals surface area (Å²) in [5.41, 5.74) is 5.47. The molecule has 0 amide bonds. The van der Waals surface area contributed by atoms with Gasteiger partial charge in [0.05, 0.1) is 21.2 Å². The van der Waals surface area contributed by atoms with Crippen molar-refractivity contribution in [3.05, 3.63) is 22.7 Å². The quantitative estimate of drug-likeness (QED) is 0.734. The number of nitrogens with two attached hydrogens (primary N) is 1. The molecule has 5 nitrogen and oxygen atoms in total. The predicted molar refractivity (Wildman–Crippen MR) is 74.6 cm³/mol. The summed E-state index contributed by atoms with van der Waals surface area (Å²) in [6.45, 7) is 1.68. The Morgan fingerprint density at radius 2 is 2.11 bits per heavy atom. The number of anilines is 1. The topological polar surface area (TPSA) is 92.4 Å². The van der Waals surface area contributed by atoms with Gasteiger partial charge in [0.1, 0.15) is 0 Å². The van der Waals surface area contributed by atoms with Crippen LogP contribution in [-0.2, 0) is 10.0 Å². The molecule has 0 atom stereocenters. The fraction of sp³-hybridized carbons (Fsp3) is 0.500. The smallest absolute Gasteiger partial charge is 0.241 e. The average molecular weight is 305 g/mol. The normalized spacial score (nSPS) is 18.1. The van der Waals surface area contributed by atoms with Gasteiger partial charge in [-0.15, -0.1) is 0 Å². The van der Waals surface area contributed by atoms with Gasteiger partial charge in [-0.05, 0) is 43.9 Å². The zero-order valence-electron chi connectivity index (χ0n) is 10.6. The minimum absolute atomic E-state index is 0.0251. The van der Waals surface area contributed by atoms with Crippen molar-refractivity contribution in [3.63, 3.8) is 0 Å². The molecule has 0 bridgehead atoms. The molecule has 0 spiro atoms. The van der Waals surface area contributed by atoms with Gasteiger partial charge in [0.15, 0.2) is 0 Å². The average Bonchev–Trinajstić information content (AvgIpc) is 2.28. The second-order valence-corrected chi connectivity index (χ2v) is 7.18. The van der Waals surface area contributed by atoms with E-state index in [1.54, 1.807) is 6.92 Å². The van der Waals surface area contributed by atoms with Crippen molar-refractivity contribution < 1.29 is 13.5 Å². The molecule has 1 aliphatic carbocycles. The molecule has 19 heavy (non-hydrogen) atoms. The first kappa shape index (κ1) is 14.6. The Bertz CT molecular complexity index is 597. The van der Waals surface area contributed by atoms with Crippen LogP contribution in [0.15, 0.2) is 17.0 Å². The molecule has 2 rings (SSSR count). The van der Waals surface area contributed by atoms with Crippen molar-refractivity contribution in [2.24, 2.45) is 0 Å². The minimum atomic E-state index is -3.69. The van der Waals surface area contributed by atoms with Crippen molar-refractivity contribution in [2.45, 2.75) is 36.7 Å². The third kappa shape index (κ3) is 3.02. The molecule has 106 valence electrons. The molecule has 1 aromatic rings. The van der Waals surface area contributed by atoms with Crippen molar-refractivity contribution in [3.8, 4) is 0 Å². The second-order valence-electron chi connectivity index (χ2n) is 5.04. The first-order chi connectivity index (χ1) is 8.73. The number of sulfonamides is 1. The van der Waals surface area contributed by atoms with Crippen LogP contribution in [0, 0.1) is 6.92 Å². The van der Waals surface area contributed by atoms with Crippen LogP contribution in [-0.4, -0.2) is 25.7 Å². The number of aliphatic hydroxyl groups is 1. The number of hydrogen-bond donors (Lipinski definition) is 3. The van der Waals surface area contributed by atoms with E-state index in [0.717, 1.165) is 6.42 Å². The highest BCUT2D eigenvalue weighted by atomic mass is 35.5. The number of aryl methyl sites for hydroxylation is 1. The number of halogens is 1. The highest BCUT2D eigenvalue weighted by molar-refractivity contribution is 7.89. The molecule has 0 aromatic heterocycles. The van der Waals surface area contributed by atoms with Crippen LogP contribution in [0.1, 0.15) is 24.8 Å². The van der Waals surface area contributed by atoms with Crippen LogP contribution in [0.5, 0.6) is 0 Å².